The molecule has 0 bridgehead atoms. The van der Waals surface area contributed by atoms with Crippen LogP contribution in [-0.2, 0) is 0 Å². The highest BCUT2D eigenvalue weighted by molar-refractivity contribution is 4.89. The third-order valence-corrected chi connectivity index (χ3v) is 5.53. The Morgan fingerprint density at radius 3 is 2.16 bits per heavy atom. The molecule has 1 saturated heterocycles. The highest BCUT2D eigenvalue weighted by Crippen LogP contribution is 2.30. The number of rotatable bonds is 5. The lowest BCUT2D eigenvalue weighted by molar-refractivity contribution is 0.0799. The summed E-state index contributed by atoms with van der Waals surface area (Å²) in [5, 5.41) is 0. The maximum absolute atomic E-state index is 6.07. The van der Waals surface area contributed by atoms with E-state index in [1.165, 1.54) is 77.5 Å². The Labute approximate surface area is 118 Å². The van der Waals surface area contributed by atoms with E-state index in [0.717, 1.165) is 18.5 Å². The fourth-order valence-electron chi connectivity index (χ4n) is 4.11. The summed E-state index contributed by atoms with van der Waals surface area (Å²) in [5.74, 6) is 0.962. The molecule has 2 saturated carbocycles. The van der Waals surface area contributed by atoms with E-state index in [2.05, 4.69) is 9.80 Å². The van der Waals surface area contributed by atoms with Gasteiger partial charge in [0, 0.05) is 44.8 Å². The molecule has 1 unspecified atom stereocenters. The summed E-state index contributed by atoms with van der Waals surface area (Å²) in [6, 6.07) is 1.60. The molecule has 3 fully saturated rings. The molecule has 3 heteroatoms. The van der Waals surface area contributed by atoms with Crippen LogP contribution in [0.15, 0.2) is 0 Å². The van der Waals surface area contributed by atoms with Gasteiger partial charge >= 0.3 is 0 Å². The van der Waals surface area contributed by atoms with Gasteiger partial charge in [0.2, 0.25) is 0 Å². The first-order chi connectivity index (χ1) is 9.36. The first-order valence-electron chi connectivity index (χ1n) is 8.55. The van der Waals surface area contributed by atoms with Crippen molar-refractivity contribution in [3.05, 3.63) is 0 Å². The molecule has 19 heavy (non-hydrogen) atoms. The smallest absolute Gasteiger partial charge is 0.0222 e. The predicted molar refractivity (Wildman–Crippen MR) is 80.2 cm³/mol. The molecule has 1 aliphatic heterocycles. The van der Waals surface area contributed by atoms with E-state index in [1.807, 2.05) is 0 Å². The zero-order chi connectivity index (χ0) is 13.1. The third kappa shape index (κ3) is 3.71. The average molecular weight is 265 g/mol. The van der Waals surface area contributed by atoms with Crippen LogP contribution in [0.4, 0.5) is 0 Å². The minimum absolute atomic E-state index is 0.657. The lowest BCUT2D eigenvalue weighted by Gasteiger charge is -2.40. The second-order valence-electron chi connectivity index (χ2n) is 6.93. The van der Waals surface area contributed by atoms with E-state index < -0.39 is 0 Å². The molecule has 0 aromatic carbocycles. The van der Waals surface area contributed by atoms with Crippen LogP contribution in [0.2, 0.25) is 0 Å². The van der Waals surface area contributed by atoms with Crippen molar-refractivity contribution in [3.63, 3.8) is 0 Å². The topological polar surface area (TPSA) is 32.5 Å². The van der Waals surface area contributed by atoms with E-state index in [-0.39, 0.29) is 0 Å². The maximum atomic E-state index is 6.07. The highest BCUT2D eigenvalue weighted by atomic mass is 15.3. The lowest BCUT2D eigenvalue weighted by atomic mass is 9.84. The van der Waals surface area contributed by atoms with Gasteiger partial charge in [-0.15, -0.1) is 0 Å². The molecule has 110 valence electrons. The Morgan fingerprint density at radius 1 is 0.895 bits per heavy atom. The van der Waals surface area contributed by atoms with Crippen molar-refractivity contribution < 1.29 is 0 Å². The molecule has 3 nitrogen and oxygen atoms in total. The molecule has 0 aromatic heterocycles. The summed E-state index contributed by atoms with van der Waals surface area (Å²) >= 11 is 0. The standard InChI is InChI=1S/C16H31N3/c17-13-16(12-14-4-2-1-3-5-14)19-10-8-18(9-11-19)15-6-7-15/h14-16H,1-13,17H2. The number of hydrogen-bond donors (Lipinski definition) is 1. The number of nitrogens with two attached hydrogens (primary N) is 1. The first kappa shape index (κ1) is 13.8. The molecule has 1 atom stereocenters. The van der Waals surface area contributed by atoms with Gasteiger partial charge in [0.15, 0.2) is 0 Å². The van der Waals surface area contributed by atoms with Crippen LogP contribution >= 0.6 is 0 Å². The second-order valence-corrected chi connectivity index (χ2v) is 6.93. The lowest BCUT2D eigenvalue weighted by Crippen LogP contribution is -2.53. The Hall–Kier alpha value is -0.120. The van der Waals surface area contributed by atoms with Gasteiger partial charge in [-0.25, -0.2) is 0 Å². The molecule has 0 aromatic rings. The SMILES string of the molecule is NCC(CC1CCCCC1)N1CCN(C2CC2)CC1. The van der Waals surface area contributed by atoms with Gasteiger partial charge in [0.25, 0.3) is 0 Å². The van der Waals surface area contributed by atoms with Crippen LogP contribution in [-0.4, -0.2) is 54.6 Å². The zero-order valence-corrected chi connectivity index (χ0v) is 12.4. The van der Waals surface area contributed by atoms with Gasteiger partial charge in [-0.3, -0.25) is 9.80 Å². The van der Waals surface area contributed by atoms with Crippen LogP contribution in [0, 0.1) is 5.92 Å². The summed E-state index contributed by atoms with van der Waals surface area (Å²) < 4.78 is 0. The van der Waals surface area contributed by atoms with E-state index >= 15 is 0 Å². The molecule has 0 amide bonds. The average Bonchev–Trinajstić information content (AvgIpc) is 3.31. The van der Waals surface area contributed by atoms with Crippen LogP contribution in [0.3, 0.4) is 0 Å². The van der Waals surface area contributed by atoms with Gasteiger partial charge in [-0.1, -0.05) is 32.1 Å². The number of hydrogen-bond acceptors (Lipinski definition) is 3. The molecule has 1 heterocycles. The Kier molecular flexibility index (Phi) is 4.78. The largest absolute Gasteiger partial charge is 0.329 e. The van der Waals surface area contributed by atoms with Crippen LogP contribution < -0.4 is 5.73 Å². The molecular formula is C16H31N3. The van der Waals surface area contributed by atoms with Crippen molar-refractivity contribution >= 4 is 0 Å². The van der Waals surface area contributed by atoms with Crippen LogP contribution in [0.1, 0.15) is 51.4 Å². The van der Waals surface area contributed by atoms with Crippen molar-refractivity contribution in [1.82, 2.24) is 9.80 Å². The van der Waals surface area contributed by atoms with Crippen LogP contribution in [0.25, 0.3) is 0 Å². The minimum atomic E-state index is 0.657. The Bertz CT molecular complexity index is 263. The van der Waals surface area contributed by atoms with E-state index in [4.69, 9.17) is 5.73 Å². The molecule has 0 radical (unpaired) electrons. The number of nitrogens with zero attached hydrogens (tertiary/aromatic N) is 2. The van der Waals surface area contributed by atoms with Crippen molar-refractivity contribution in [3.8, 4) is 0 Å². The van der Waals surface area contributed by atoms with Gasteiger partial charge in [0.05, 0.1) is 0 Å². The van der Waals surface area contributed by atoms with Crippen molar-refractivity contribution in [2.45, 2.75) is 63.5 Å². The third-order valence-electron chi connectivity index (χ3n) is 5.53. The highest BCUT2D eigenvalue weighted by Gasteiger charge is 2.33. The van der Waals surface area contributed by atoms with Gasteiger partial charge in [0.1, 0.15) is 0 Å². The molecular weight excluding hydrogens is 234 g/mol. The van der Waals surface area contributed by atoms with Gasteiger partial charge in [-0.2, -0.15) is 0 Å². The summed E-state index contributed by atoms with van der Waals surface area (Å²) in [5.41, 5.74) is 6.07. The van der Waals surface area contributed by atoms with E-state index in [9.17, 15) is 0 Å². The number of piperazine rings is 1. The monoisotopic (exact) mass is 265 g/mol. The quantitative estimate of drug-likeness (QED) is 0.826. The Morgan fingerprint density at radius 2 is 1.58 bits per heavy atom. The van der Waals surface area contributed by atoms with E-state index in [0.29, 0.717) is 6.04 Å². The fraction of sp³-hybridized carbons (Fsp3) is 1.00. The zero-order valence-electron chi connectivity index (χ0n) is 12.4. The summed E-state index contributed by atoms with van der Waals surface area (Å²) in [6.07, 6.45) is 11.5. The predicted octanol–water partition coefficient (Wildman–Crippen LogP) is 2.06. The molecule has 0 spiro atoms. The molecule has 2 N–H and O–H groups in total. The van der Waals surface area contributed by atoms with Crippen LogP contribution in [0.5, 0.6) is 0 Å². The molecule has 3 aliphatic rings. The molecule has 2 aliphatic carbocycles. The normalized spacial score (nSPS) is 29.5. The summed E-state index contributed by atoms with van der Waals surface area (Å²) in [6.45, 7) is 5.94. The van der Waals surface area contributed by atoms with Gasteiger partial charge in [-0.05, 0) is 25.2 Å². The summed E-state index contributed by atoms with van der Waals surface area (Å²) in [4.78, 5) is 5.39. The Balaban J connectivity index is 1.45. The van der Waals surface area contributed by atoms with Crippen molar-refractivity contribution in [2.24, 2.45) is 11.7 Å². The van der Waals surface area contributed by atoms with Crippen molar-refractivity contribution in [1.29, 1.82) is 0 Å². The summed E-state index contributed by atoms with van der Waals surface area (Å²) in [7, 11) is 0. The van der Waals surface area contributed by atoms with Crippen molar-refractivity contribution in [2.75, 3.05) is 32.7 Å². The van der Waals surface area contributed by atoms with E-state index in [1.54, 1.807) is 0 Å². The molecule has 3 rings (SSSR count). The second kappa shape index (κ2) is 6.55. The maximum Gasteiger partial charge on any atom is 0.0222 e. The minimum Gasteiger partial charge on any atom is -0.329 e. The first-order valence-corrected chi connectivity index (χ1v) is 8.55. The fourth-order valence-corrected chi connectivity index (χ4v) is 4.11. The van der Waals surface area contributed by atoms with Gasteiger partial charge < -0.3 is 5.73 Å².